The normalized spacial score (nSPS) is 10.6. The lowest BCUT2D eigenvalue weighted by molar-refractivity contribution is 0.151. The number of anilines is 2. The first kappa shape index (κ1) is 15.9. The van der Waals surface area contributed by atoms with E-state index in [2.05, 4.69) is 26.2 Å². The molecular weight excluding hydrogens is 334 g/mol. The Balaban J connectivity index is 1.99. The standard InChI is InChI=1S/C15H10F2N6S/c16-15(17)10-5-13(22-21-7-10)23(14-8-19-3-4-20-14)9-12-2-1-11(6-18)24-12/h1-5,7-8,15H,9H2. The zero-order valence-corrected chi connectivity index (χ0v) is 13.0. The number of thiophene rings is 1. The van der Waals surface area contributed by atoms with Gasteiger partial charge in [0.15, 0.2) is 11.6 Å². The average molecular weight is 344 g/mol. The van der Waals surface area contributed by atoms with Crippen molar-refractivity contribution in [2.24, 2.45) is 0 Å². The molecule has 120 valence electrons. The molecule has 0 bridgehead atoms. The van der Waals surface area contributed by atoms with Gasteiger partial charge in [-0.15, -0.1) is 16.4 Å². The lowest BCUT2D eigenvalue weighted by atomic mass is 10.3. The molecule has 0 aliphatic carbocycles. The number of halogens is 2. The Morgan fingerprint density at radius 1 is 1.21 bits per heavy atom. The molecule has 0 aromatic carbocycles. The van der Waals surface area contributed by atoms with Crippen LogP contribution in [-0.2, 0) is 6.54 Å². The minimum Gasteiger partial charge on any atom is -0.303 e. The van der Waals surface area contributed by atoms with Crippen LogP contribution in [0.2, 0.25) is 0 Å². The van der Waals surface area contributed by atoms with Crippen molar-refractivity contribution >= 4 is 23.0 Å². The highest BCUT2D eigenvalue weighted by Crippen LogP contribution is 2.28. The summed E-state index contributed by atoms with van der Waals surface area (Å²) in [6.07, 6.45) is 2.91. The number of nitrogens with zero attached hydrogens (tertiary/aromatic N) is 6. The number of hydrogen-bond donors (Lipinski definition) is 0. The molecule has 0 radical (unpaired) electrons. The van der Waals surface area contributed by atoms with Crippen molar-refractivity contribution in [3.05, 3.63) is 58.3 Å². The minimum atomic E-state index is -2.64. The number of nitriles is 1. The third kappa shape index (κ3) is 3.49. The van der Waals surface area contributed by atoms with Crippen LogP contribution in [0.25, 0.3) is 0 Å². The van der Waals surface area contributed by atoms with Gasteiger partial charge in [0.1, 0.15) is 10.9 Å². The minimum absolute atomic E-state index is 0.224. The zero-order chi connectivity index (χ0) is 16.9. The van der Waals surface area contributed by atoms with Crippen LogP contribution in [0.15, 0.2) is 43.0 Å². The van der Waals surface area contributed by atoms with Crippen LogP contribution in [0.1, 0.15) is 21.7 Å². The summed E-state index contributed by atoms with van der Waals surface area (Å²) in [6, 6.07) is 6.85. The fourth-order valence-electron chi connectivity index (χ4n) is 2.01. The molecule has 0 atom stereocenters. The Hall–Kier alpha value is -2.99. The Labute approximate surface area is 140 Å². The maximum Gasteiger partial charge on any atom is 0.265 e. The predicted octanol–water partition coefficient (Wildman–Crippen LogP) is 3.48. The van der Waals surface area contributed by atoms with Gasteiger partial charge >= 0.3 is 0 Å². The van der Waals surface area contributed by atoms with E-state index in [9.17, 15) is 8.78 Å². The van der Waals surface area contributed by atoms with Crippen molar-refractivity contribution in [1.82, 2.24) is 20.2 Å². The van der Waals surface area contributed by atoms with E-state index in [-0.39, 0.29) is 11.4 Å². The van der Waals surface area contributed by atoms with Crippen LogP contribution in [0, 0.1) is 11.3 Å². The summed E-state index contributed by atoms with van der Waals surface area (Å²) in [7, 11) is 0. The van der Waals surface area contributed by atoms with Crippen LogP contribution in [0.4, 0.5) is 20.4 Å². The number of aromatic nitrogens is 4. The molecule has 3 aromatic rings. The SMILES string of the molecule is N#Cc1ccc(CN(c2cnccn2)c2cc(C(F)F)cnn2)s1. The first-order chi connectivity index (χ1) is 11.7. The number of alkyl halides is 2. The smallest absolute Gasteiger partial charge is 0.265 e. The first-order valence-electron chi connectivity index (χ1n) is 6.80. The molecule has 3 heterocycles. The largest absolute Gasteiger partial charge is 0.303 e. The molecule has 0 aliphatic rings. The lowest BCUT2D eigenvalue weighted by Gasteiger charge is -2.21. The monoisotopic (exact) mass is 344 g/mol. The molecule has 24 heavy (non-hydrogen) atoms. The van der Waals surface area contributed by atoms with Gasteiger partial charge in [0.2, 0.25) is 0 Å². The van der Waals surface area contributed by atoms with Crippen molar-refractivity contribution in [2.45, 2.75) is 13.0 Å². The molecule has 0 amide bonds. The summed E-state index contributed by atoms with van der Waals surface area (Å²) >= 11 is 1.31. The summed E-state index contributed by atoms with van der Waals surface area (Å²) in [5.41, 5.74) is -0.224. The van der Waals surface area contributed by atoms with Gasteiger partial charge in [0, 0.05) is 22.8 Å². The van der Waals surface area contributed by atoms with E-state index in [0.29, 0.717) is 17.2 Å². The highest BCUT2D eigenvalue weighted by molar-refractivity contribution is 7.12. The van der Waals surface area contributed by atoms with E-state index in [0.717, 1.165) is 11.1 Å². The molecular formula is C15H10F2N6S. The molecule has 0 N–H and O–H groups in total. The average Bonchev–Trinajstić information content (AvgIpc) is 3.08. The van der Waals surface area contributed by atoms with Gasteiger partial charge in [0.05, 0.1) is 18.9 Å². The third-order valence-corrected chi connectivity index (χ3v) is 4.08. The van der Waals surface area contributed by atoms with Crippen LogP contribution < -0.4 is 4.90 Å². The molecule has 6 nitrogen and oxygen atoms in total. The summed E-state index contributed by atoms with van der Waals surface area (Å²) in [4.78, 5) is 11.3. The molecule has 0 unspecified atom stereocenters. The molecule has 9 heteroatoms. The Kier molecular flexibility index (Phi) is 4.67. The second-order valence-corrected chi connectivity index (χ2v) is 5.84. The highest BCUT2D eigenvalue weighted by Gasteiger charge is 2.17. The van der Waals surface area contributed by atoms with E-state index >= 15 is 0 Å². The van der Waals surface area contributed by atoms with Crippen molar-refractivity contribution in [1.29, 1.82) is 5.26 Å². The quantitative estimate of drug-likeness (QED) is 0.705. The van der Waals surface area contributed by atoms with Crippen LogP contribution in [-0.4, -0.2) is 20.2 Å². The van der Waals surface area contributed by atoms with E-state index in [1.165, 1.54) is 36.0 Å². The number of rotatable bonds is 5. The molecule has 0 spiro atoms. The Bertz CT molecular complexity index is 862. The van der Waals surface area contributed by atoms with Gasteiger partial charge < -0.3 is 4.90 Å². The molecule has 0 aliphatic heterocycles. The molecule has 0 fully saturated rings. The molecule has 0 saturated heterocycles. The third-order valence-electron chi connectivity index (χ3n) is 3.10. The van der Waals surface area contributed by atoms with Gasteiger partial charge in [0.25, 0.3) is 6.43 Å². The fourth-order valence-corrected chi connectivity index (χ4v) is 2.80. The highest BCUT2D eigenvalue weighted by atomic mass is 32.1. The lowest BCUT2D eigenvalue weighted by Crippen LogP contribution is -2.19. The van der Waals surface area contributed by atoms with E-state index < -0.39 is 6.43 Å². The van der Waals surface area contributed by atoms with Gasteiger partial charge in [-0.3, -0.25) is 4.98 Å². The van der Waals surface area contributed by atoms with Gasteiger partial charge in [-0.25, -0.2) is 13.8 Å². The predicted molar refractivity (Wildman–Crippen MR) is 83.9 cm³/mol. The second-order valence-electron chi connectivity index (χ2n) is 4.68. The topological polar surface area (TPSA) is 78.6 Å². The van der Waals surface area contributed by atoms with Gasteiger partial charge in [-0.1, -0.05) is 0 Å². The molecule has 0 saturated carbocycles. The van der Waals surface area contributed by atoms with Crippen molar-refractivity contribution < 1.29 is 8.78 Å². The first-order valence-corrected chi connectivity index (χ1v) is 7.62. The van der Waals surface area contributed by atoms with Crippen LogP contribution >= 0.6 is 11.3 Å². The Morgan fingerprint density at radius 3 is 2.75 bits per heavy atom. The summed E-state index contributed by atoms with van der Waals surface area (Å²) in [5, 5.41) is 16.5. The van der Waals surface area contributed by atoms with Gasteiger partial charge in [-0.05, 0) is 18.2 Å². The second kappa shape index (κ2) is 7.06. The van der Waals surface area contributed by atoms with E-state index in [1.807, 2.05) is 0 Å². The Morgan fingerprint density at radius 2 is 2.08 bits per heavy atom. The number of hydrogen-bond acceptors (Lipinski definition) is 7. The zero-order valence-electron chi connectivity index (χ0n) is 12.2. The maximum absolute atomic E-state index is 12.9. The van der Waals surface area contributed by atoms with Crippen molar-refractivity contribution in [3.8, 4) is 6.07 Å². The summed E-state index contributed by atoms with van der Waals surface area (Å²) < 4.78 is 25.9. The van der Waals surface area contributed by atoms with Crippen LogP contribution in [0.3, 0.4) is 0 Å². The maximum atomic E-state index is 12.9. The summed E-state index contributed by atoms with van der Waals surface area (Å²) in [5.74, 6) is 0.685. The van der Waals surface area contributed by atoms with Crippen LogP contribution in [0.5, 0.6) is 0 Å². The molecule has 3 aromatic heterocycles. The molecule has 3 rings (SSSR count). The van der Waals surface area contributed by atoms with E-state index in [4.69, 9.17) is 5.26 Å². The summed E-state index contributed by atoms with van der Waals surface area (Å²) in [6.45, 7) is 0.312. The van der Waals surface area contributed by atoms with Crippen molar-refractivity contribution in [2.75, 3.05) is 4.90 Å². The fraction of sp³-hybridized carbons (Fsp3) is 0.133. The van der Waals surface area contributed by atoms with Gasteiger partial charge in [-0.2, -0.15) is 10.4 Å². The van der Waals surface area contributed by atoms with Crippen molar-refractivity contribution in [3.63, 3.8) is 0 Å². The van der Waals surface area contributed by atoms with E-state index in [1.54, 1.807) is 17.0 Å².